The van der Waals surface area contributed by atoms with Crippen LogP contribution in [0.15, 0.2) is 30.0 Å². The van der Waals surface area contributed by atoms with Crippen molar-refractivity contribution in [2.24, 2.45) is 0 Å². The number of benzene rings is 1. The molecule has 2 rings (SSSR count). The van der Waals surface area contributed by atoms with Gasteiger partial charge >= 0.3 is 0 Å². The van der Waals surface area contributed by atoms with Crippen molar-refractivity contribution in [3.05, 3.63) is 41.2 Å². The van der Waals surface area contributed by atoms with Gasteiger partial charge in [0.1, 0.15) is 5.76 Å². The second-order valence-corrected chi connectivity index (χ2v) is 5.75. The summed E-state index contributed by atoms with van der Waals surface area (Å²) in [5.74, 6) is 1.01. The molecule has 0 amide bonds. The molecule has 0 heterocycles. The summed E-state index contributed by atoms with van der Waals surface area (Å²) in [7, 11) is 1.64. The Morgan fingerprint density at radius 3 is 2.17 bits per heavy atom. The smallest absolute Gasteiger partial charge is 0.167 e. The Kier molecular flexibility index (Phi) is 3.29. The molecule has 1 aromatic rings. The van der Waals surface area contributed by atoms with Gasteiger partial charge in [0.2, 0.25) is 0 Å². The molecule has 0 radical (unpaired) electrons. The number of allylic oxidation sites excluding steroid dienone is 2. The van der Waals surface area contributed by atoms with Crippen molar-refractivity contribution in [3.63, 3.8) is 0 Å². The van der Waals surface area contributed by atoms with E-state index in [1.54, 1.807) is 7.11 Å². The summed E-state index contributed by atoms with van der Waals surface area (Å²) >= 11 is 0. The first kappa shape index (κ1) is 12.9. The maximum absolute atomic E-state index is 11.9. The molecule has 0 atom stereocenters. The van der Waals surface area contributed by atoms with Gasteiger partial charge in [-0.3, -0.25) is 4.79 Å². The van der Waals surface area contributed by atoms with Crippen LogP contribution in [0.4, 0.5) is 0 Å². The number of hydrogen-bond donors (Lipinski definition) is 0. The molecule has 0 unspecified atom stereocenters. The van der Waals surface area contributed by atoms with Gasteiger partial charge in [-0.15, -0.1) is 0 Å². The lowest BCUT2D eigenvalue weighted by Crippen LogP contribution is -2.10. The van der Waals surface area contributed by atoms with E-state index in [9.17, 15) is 4.79 Å². The van der Waals surface area contributed by atoms with Crippen LogP contribution in [0.1, 0.15) is 44.7 Å². The summed E-state index contributed by atoms with van der Waals surface area (Å²) in [4.78, 5) is 11.9. The Labute approximate surface area is 109 Å². The van der Waals surface area contributed by atoms with Gasteiger partial charge in [-0.1, -0.05) is 45.0 Å². The first-order valence-electron chi connectivity index (χ1n) is 6.34. The lowest BCUT2D eigenvalue weighted by atomic mass is 9.86. The zero-order chi connectivity index (χ0) is 13.3. The summed E-state index contributed by atoms with van der Waals surface area (Å²) in [6.45, 7) is 6.55. The van der Waals surface area contributed by atoms with Gasteiger partial charge in [0.15, 0.2) is 5.78 Å². The number of ether oxygens (including phenoxy) is 1. The third kappa shape index (κ3) is 2.33. The maximum atomic E-state index is 11.9. The molecule has 0 saturated heterocycles. The highest BCUT2D eigenvalue weighted by molar-refractivity contribution is 6.23. The summed E-state index contributed by atoms with van der Waals surface area (Å²) in [5, 5.41) is 0. The highest BCUT2D eigenvalue weighted by atomic mass is 16.5. The highest BCUT2D eigenvalue weighted by Crippen LogP contribution is 2.32. The Morgan fingerprint density at radius 2 is 1.67 bits per heavy atom. The number of Topliss-reactive ketones (excluding diaryl/α,β-unsaturated/α-hetero) is 1. The zero-order valence-corrected chi connectivity index (χ0v) is 11.5. The van der Waals surface area contributed by atoms with Crippen molar-refractivity contribution in [2.75, 3.05) is 7.11 Å². The van der Waals surface area contributed by atoms with E-state index >= 15 is 0 Å². The standard InChI is InChI=1S/C16H20O2/c1-16(2,3)12-7-5-11(6-8-12)15-13(17)9-10-14(15)18-4/h5-8H,9-10H2,1-4H3. The van der Waals surface area contributed by atoms with Crippen LogP contribution in [0.2, 0.25) is 0 Å². The minimum atomic E-state index is 0.136. The predicted octanol–water partition coefficient (Wildman–Crippen LogP) is 3.70. The van der Waals surface area contributed by atoms with Gasteiger partial charge in [0, 0.05) is 12.8 Å². The van der Waals surface area contributed by atoms with E-state index in [2.05, 4.69) is 32.9 Å². The zero-order valence-electron chi connectivity index (χ0n) is 11.5. The van der Waals surface area contributed by atoms with Gasteiger partial charge in [-0.2, -0.15) is 0 Å². The normalized spacial score (nSPS) is 16.3. The van der Waals surface area contributed by atoms with Crippen molar-refractivity contribution in [1.29, 1.82) is 0 Å². The first-order chi connectivity index (χ1) is 8.43. The molecule has 0 aromatic heterocycles. The Balaban J connectivity index is 2.38. The van der Waals surface area contributed by atoms with Crippen molar-refractivity contribution in [2.45, 2.75) is 39.0 Å². The fourth-order valence-electron chi connectivity index (χ4n) is 2.30. The first-order valence-corrected chi connectivity index (χ1v) is 6.34. The van der Waals surface area contributed by atoms with Crippen LogP contribution in [-0.4, -0.2) is 12.9 Å². The SMILES string of the molecule is COC1=C(c2ccc(C(C)(C)C)cc2)C(=O)CC1. The van der Waals surface area contributed by atoms with E-state index in [1.807, 2.05) is 12.1 Å². The van der Waals surface area contributed by atoms with E-state index in [-0.39, 0.29) is 11.2 Å². The molecule has 1 aliphatic carbocycles. The van der Waals surface area contributed by atoms with Crippen LogP contribution < -0.4 is 0 Å². The van der Waals surface area contributed by atoms with Crippen molar-refractivity contribution < 1.29 is 9.53 Å². The Bertz CT molecular complexity index is 487. The molecule has 96 valence electrons. The van der Waals surface area contributed by atoms with Crippen LogP contribution in [0.5, 0.6) is 0 Å². The number of ketones is 1. The number of hydrogen-bond acceptors (Lipinski definition) is 2. The van der Waals surface area contributed by atoms with Gasteiger partial charge in [-0.25, -0.2) is 0 Å². The third-order valence-corrected chi connectivity index (χ3v) is 3.42. The van der Waals surface area contributed by atoms with E-state index in [0.29, 0.717) is 6.42 Å². The molecule has 1 aliphatic rings. The lowest BCUT2D eigenvalue weighted by Gasteiger charge is -2.19. The largest absolute Gasteiger partial charge is 0.500 e. The van der Waals surface area contributed by atoms with E-state index in [1.165, 1.54) is 5.56 Å². The molecule has 1 aromatic carbocycles. The fraction of sp³-hybridized carbons (Fsp3) is 0.438. The molecule has 0 spiro atoms. The molecule has 2 nitrogen and oxygen atoms in total. The van der Waals surface area contributed by atoms with Crippen LogP contribution in [0.25, 0.3) is 5.57 Å². The lowest BCUT2D eigenvalue weighted by molar-refractivity contribution is -0.113. The molecule has 0 aliphatic heterocycles. The van der Waals surface area contributed by atoms with Gasteiger partial charge in [0.25, 0.3) is 0 Å². The minimum Gasteiger partial charge on any atom is -0.500 e. The van der Waals surface area contributed by atoms with Crippen molar-refractivity contribution in [3.8, 4) is 0 Å². The fourth-order valence-corrected chi connectivity index (χ4v) is 2.30. The molecular weight excluding hydrogens is 224 g/mol. The predicted molar refractivity (Wildman–Crippen MR) is 73.3 cm³/mol. The van der Waals surface area contributed by atoms with E-state index in [0.717, 1.165) is 23.3 Å². The minimum absolute atomic E-state index is 0.136. The molecule has 0 fully saturated rings. The molecule has 0 N–H and O–H groups in total. The highest BCUT2D eigenvalue weighted by Gasteiger charge is 2.25. The van der Waals surface area contributed by atoms with E-state index in [4.69, 9.17) is 4.74 Å². The number of rotatable bonds is 2. The summed E-state index contributed by atoms with van der Waals surface area (Å²) in [6, 6.07) is 8.25. The molecular formula is C16H20O2. The summed E-state index contributed by atoms with van der Waals surface area (Å²) < 4.78 is 5.30. The quantitative estimate of drug-likeness (QED) is 0.792. The number of methoxy groups -OCH3 is 1. The average molecular weight is 244 g/mol. The van der Waals surface area contributed by atoms with Crippen LogP contribution in [0.3, 0.4) is 0 Å². The van der Waals surface area contributed by atoms with Gasteiger partial charge < -0.3 is 4.74 Å². The summed E-state index contributed by atoms with van der Waals surface area (Å²) in [5.41, 5.74) is 3.15. The molecule has 0 bridgehead atoms. The third-order valence-electron chi connectivity index (χ3n) is 3.42. The van der Waals surface area contributed by atoms with Crippen molar-refractivity contribution in [1.82, 2.24) is 0 Å². The maximum Gasteiger partial charge on any atom is 0.167 e. The second kappa shape index (κ2) is 4.60. The topological polar surface area (TPSA) is 26.3 Å². The van der Waals surface area contributed by atoms with E-state index < -0.39 is 0 Å². The van der Waals surface area contributed by atoms with Crippen LogP contribution in [0, 0.1) is 0 Å². The summed E-state index contributed by atoms with van der Waals surface area (Å²) in [6.07, 6.45) is 1.30. The second-order valence-electron chi connectivity index (χ2n) is 5.75. The molecule has 2 heteroatoms. The van der Waals surface area contributed by atoms with Crippen LogP contribution in [-0.2, 0) is 14.9 Å². The Hall–Kier alpha value is -1.57. The van der Waals surface area contributed by atoms with Gasteiger partial charge in [0.05, 0.1) is 12.7 Å². The number of carbonyl (C=O) groups is 1. The van der Waals surface area contributed by atoms with Gasteiger partial charge in [-0.05, 0) is 16.5 Å². The van der Waals surface area contributed by atoms with Crippen LogP contribution >= 0.6 is 0 Å². The number of carbonyl (C=O) groups excluding carboxylic acids is 1. The monoisotopic (exact) mass is 244 g/mol. The van der Waals surface area contributed by atoms with Crippen molar-refractivity contribution >= 4 is 11.4 Å². The molecule has 0 saturated carbocycles. The Morgan fingerprint density at radius 1 is 1.06 bits per heavy atom. The average Bonchev–Trinajstić information content (AvgIpc) is 2.69. The molecule has 18 heavy (non-hydrogen) atoms.